The van der Waals surface area contributed by atoms with Crippen molar-refractivity contribution in [1.29, 1.82) is 0 Å². The van der Waals surface area contributed by atoms with Crippen LogP contribution < -0.4 is 4.74 Å². The zero-order valence-corrected chi connectivity index (χ0v) is 14.2. The van der Waals surface area contributed by atoms with Crippen molar-refractivity contribution in [2.45, 2.75) is 27.4 Å². The average molecular weight is 311 g/mol. The van der Waals surface area contributed by atoms with Gasteiger partial charge in [-0.3, -0.25) is 9.69 Å². The van der Waals surface area contributed by atoms with Crippen LogP contribution in [0, 0.1) is 6.92 Å². The van der Waals surface area contributed by atoms with Gasteiger partial charge in [-0.2, -0.15) is 0 Å². The minimum absolute atomic E-state index is 0.112. The van der Waals surface area contributed by atoms with E-state index < -0.39 is 0 Å². The highest BCUT2D eigenvalue weighted by molar-refractivity contribution is 6.00. The summed E-state index contributed by atoms with van der Waals surface area (Å²) in [6, 6.07) is 15.8. The van der Waals surface area contributed by atoms with E-state index in [9.17, 15) is 4.79 Å². The molecule has 0 aliphatic carbocycles. The van der Waals surface area contributed by atoms with Gasteiger partial charge < -0.3 is 4.74 Å². The largest absolute Gasteiger partial charge is 0.488 e. The minimum atomic E-state index is 0.112. The SMILES string of the molecule is CCN(CC)CC(=O)c1cc(C)ccc1OCc1ccccc1. The molecule has 0 aliphatic rings. The number of ketones is 1. The fourth-order valence-corrected chi connectivity index (χ4v) is 2.46. The molecular formula is C20H25NO2. The molecule has 0 atom stereocenters. The van der Waals surface area contributed by atoms with E-state index in [1.54, 1.807) is 0 Å². The number of likely N-dealkylation sites (N-methyl/N-ethyl adjacent to an activating group) is 1. The molecule has 0 radical (unpaired) electrons. The monoisotopic (exact) mass is 311 g/mol. The number of aryl methyl sites for hydroxylation is 1. The normalized spacial score (nSPS) is 10.8. The van der Waals surface area contributed by atoms with Crippen molar-refractivity contribution < 1.29 is 9.53 Å². The summed E-state index contributed by atoms with van der Waals surface area (Å²) in [6.45, 7) is 8.77. The third-order valence-corrected chi connectivity index (χ3v) is 3.93. The Morgan fingerprint density at radius 2 is 1.74 bits per heavy atom. The van der Waals surface area contributed by atoms with Crippen LogP contribution in [-0.2, 0) is 6.61 Å². The van der Waals surface area contributed by atoms with Crippen LogP contribution in [0.25, 0.3) is 0 Å². The Hall–Kier alpha value is -2.13. The summed E-state index contributed by atoms with van der Waals surface area (Å²) >= 11 is 0. The second-order valence-electron chi connectivity index (χ2n) is 5.66. The van der Waals surface area contributed by atoms with Crippen LogP contribution in [-0.4, -0.2) is 30.3 Å². The van der Waals surface area contributed by atoms with Gasteiger partial charge in [-0.1, -0.05) is 55.8 Å². The molecule has 3 heteroatoms. The summed E-state index contributed by atoms with van der Waals surface area (Å²) in [5, 5.41) is 0. The second-order valence-corrected chi connectivity index (χ2v) is 5.66. The first kappa shape index (κ1) is 17.2. The predicted molar refractivity (Wildman–Crippen MR) is 94.1 cm³/mol. The number of carbonyl (C=O) groups excluding carboxylic acids is 1. The third-order valence-electron chi connectivity index (χ3n) is 3.93. The summed E-state index contributed by atoms with van der Waals surface area (Å²) in [5.41, 5.74) is 2.84. The summed E-state index contributed by atoms with van der Waals surface area (Å²) in [5.74, 6) is 0.775. The van der Waals surface area contributed by atoms with Crippen molar-refractivity contribution in [3.8, 4) is 5.75 Å². The van der Waals surface area contributed by atoms with Crippen LogP contribution >= 0.6 is 0 Å². The van der Waals surface area contributed by atoms with E-state index in [0.717, 1.165) is 24.2 Å². The van der Waals surface area contributed by atoms with Gasteiger partial charge in [-0.05, 0) is 37.7 Å². The maximum Gasteiger partial charge on any atom is 0.180 e. The van der Waals surface area contributed by atoms with Crippen molar-refractivity contribution in [3.05, 3.63) is 65.2 Å². The molecule has 0 unspecified atom stereocenters. The number of rotatable bonds is 8. The van der Waals surface area contributed by atoms with Gasteiger partial charge in [-0.25, -0.2) is 0 Å². The van der Waals surface area contributed by atoms with Gasteiger partial charge in [0.1, 0.15) is 12.4 Å². The highest BCUT2D eigenvalue weighted by Gasteiger charge is 2.15. The van der Waals surface area contributed by atoms with Gasteiger partial charge in [0, 0.05) is 0 Å². The first-order chi connectivity index (χ1) is 11.1. The number of Topliss-reactive ketones (excluding diaryl/α,β-unsaturated/α-hetero) is 1. The molecule has 2 aromatic carbocycles. The molecule has 2 rings (SSSR count). The van der Waals surface area contributed by atoms with Crippen molar-refractivity contribution in [2.75, 3.05) is 19.6 Å². The smallest absolute Gasteiger partial charge is 0.180 e. The second kappa shape index (κ2) is 8.49. The molecule has 0 spiro atoms. The molecule has 0 N–H and O–H groups in total. The molecule has 2 aromatic rings. The third kappa shape index (κ3) is 4.93. The predicted octanol–water partition coefficient (Wildman–Crippen LogP) is 4.10. The molecule has 0 saturated carbocycles. The minimum Gasteiger partial charge on any atom is -0.488 e. The van der Waals surface area contributed by atoms with Crippen molar-refractivity contribution >= 4 is 5.78 Å². The van der Waals surface area contributed by atoms with Gasteiger partial charge in [0.25, 0.3) is 0 Å². The van der Waals surface area contributed by atoms with E-state index >= 15 is 0 Å². The number of carbonyl (C=O) groups is 1. The quantitative estimate of drug-likeness (QED) is 0.687. The molecule has 23 heavy (non-hydrogen) atoms. The Kier molecular flexibility index (Phi) is 6.36. The van der Waals surface area contributed by atoms with Crippen LogP contribution in [0.2, 0.25) is 0 Å². The van der Waals surface area contributed by atoms with Gasteiger partial charge in [-0.15, -0.1) is 0 Å². The number of nitrogens with zero attached hydrogens (tertiary/aromatic N) is 1. The van der Waals surface area contributed by atoms with Gasteiger partial charge in [0.15, 0.2) is 5.78 Å². The topological polar surface area (TPSA) is 29.5 Å². The maximum atomic E-state index is 12.6. The summed E-state index contributed by atoms with van der Waals surface area (Å²) < 4.78 is 5.91. The Morgan fingerprint density at radius 3 is 2.39 bits per heavy atom. The number of hydrogen-bond acceptors (Lipinski definition) is 3. The van der Waals surface area contributed by atoms with Gasteiger partial charge in [0.2, 0.25) is 0 Å². The summed E-state index contributed by atoms with van der Waals surface area (Å²) in [4.78, 5) is 14.8. The molecule has 0 aromatic heterocycles. The number of hydrogen-bond donors (Lipinski definition) is 0. The van der Waals surface area contributed by atoms with E-state index in [-0.39, 0.29) is 5.78 Å². The summed E-state index contributed by atoms with van der Waals surface area (Å²) in [7, 11) is 0. The fraction of sp³-hybridized carbons (Fsp3) is 0.350. The lowest BCUT2D eigenvalue weighted by Gasteiger charge is -2.18. The van der Waals surface area contributed by atoms with Crippen molar-refractivity contribution in [1.82, 2.24) is 4.90 Å². The molecule has 0 saturated heterocycles. The molecule has 122 valence electrons. The standard InChI is InChI=1S/C20H25NO2/c1-4-21(5-2)14-19(22)18-13-16(3)11-12-20(18)23-15-17-9-7-6-8-10-17/h6-13H,4-5,14-15H2,1-3H3. The molecule has 3 nitrogen and oxygen atoms in total. The van der Waals surface area contributed by atoms with Crippen LogP contribution in [0.5, 0.6) is 5.75 Å². The lowest BCUT2D eigenvalue weighted by Crippen LogP contribution is -2.29. The molecule has 0 bridgehead atoms. The zero-order valence-electron chi connectivity index (χ0n) is 14.2. The van der Waals surface area contributed by atoms with Crippen LogP contribution in [0.1, 0.15) is 35.3 Å². The van der Waals surface area contributed by atoms with Crippen LogP contribution in [0.4, 0.5) is 0 Å². The summed E-state index contributed by atoms with van der Waals surface area (Å²) in [6.07, 6.45) is 0. The lowest BCUT2D eigenvalue weighted by molar-refractivity contribution is 0.0933. The Morgan fingerprint density at radius 1 is 1.04 bits per heavy atom. The fourth-order valence-electron chi connectivity index (χ4n) is 2.46. The van der Waals surface area contributed by atoms with E-state index in [4.69, 9.17) is 4.74 Å². The van der Waals surface area contributed by atoms with E-state index in [1.165, 1.54) is 0 Å². The van der Waals surface area contributed by atoms with Crippen molar-refractivity contribution in [3.63, 3.8) is 0 Å². The number of ether oxygens (including phenoxy) is 1. The average Bonchev–Trinajstić information content (AvgIpc) is 2.59. The molecule has 0 fully saturated rings. The molecule has 0 heterocycles. The maximum absolute atomic E-state index is 12.6. The highest BCUT2D eigenvalue weighted by Crippen LogP contribution is 2.22. The van der Waals surface area contributed by atoms with E-state index in [1.807, 2.05) is 55.5 Å². The van der Waals surface area contributed by atoms with Crippen molar-refractivity contribution in [2.24, 2.45) is 0 Å². The van der Waals surface area contributed by atoms with Gasteiger partial charge in [0.05, 0.1) is 12.1 Å². The van der Waals surface area contributed by atoms with E-state index in [0.29, 0.717) is 24.5 Å². The molecule has 0 amide bonds. The Bertz CT molecular complexity index is 633. The van der Waals surface area contributed by atoms with Crippen LogP contribution in [0.15, 0.2) is 48.5 Å². The first-order valence-electron chi connectivity index (χ1n) is 8.17. The van der Waals surface area contributed by atoms with E-state index in [2.05, 4.69) is 18.7 Å². The first-order valence-corrected chi connectivity index (χ1v) is 8.17. The molecular weight excluding hydrogens is 286 g/mol. The van der Waals surface area contributed by atoms with Gasteiger partial charge >= 0.3 is 0 Å². The molecule has 0 aliphatic heterocycles. The Labute approximate surface area is 138 Å². The lowest BCUT2D eigenvalue weighted by atomic mass is 10.1. The highest BCUT2D eigenvalue weighted by atomic mass is 16.5. The van der Waals surface area contributed by atoms with Crippen LogP contribution in [0.3, 0.4) is 0 Å². The number of benzene rings is 2. The zero-order chi connectivity index (χ0) is 16.7. The Balaban J connectivity index is 2.15.